The Morgan fingerprint density at radius 1 is 0.788 bits per heavy atom. The van der Waals surface area contributed by atoms with Crippen molar-refractivity contribution < 1.29 is 24.4 Å². The van der Waals surface area contributed by atoms with Crippen molar-refractivity contribution in [2.45, 2.75) is 201 Å². The van der Waals surface area contributed by atoms with E-state index in [0.29, 0.717) is 19.7 Å². The van der Waals surface area contributed by atoms with Crippen LogP contribution in [0.1, 0.15) is 187 Å². The second-order valence-corrected chi connectivity index (χ2v) is 16.2. The van der Waals surface area contributed by atoms with Crippen molar-refractivity contribution in [3.8, 4) is 11.5 Å². The van der Waals surface area contributed by atoms with E-state index < -0.39 is 0 Å². The monoisotopic (exact) mass is 730 g/mol. The van der Waals surface area contributed by atoms with E-state index in [0.717, 1.165) is 87.3 Å². The average molecular weight is 730 g/mol. The number of hydrogen-bond acceptors (Lipinski definition) is 6. The van der Waals surface area contributed by atoms with Gasteiger partial charge in [-0.25, -0.2) is 0 Å². The first-order valence-electron chi connectivity index (χ1n) is 22.0. The molecule has 1 aromatic carbocycles. The minimum atomic E-state index is -0.234. The molecule has 0 fully saturated rings. The Labute approximate surface area is 321 Å². The number of unbranched alkanes of at least 4 members (excludes halogenated alkanes) is 14. The van der Waals surface area contributed by atoms with Crippen molar-refractivity contribution in [2.24, 2.45) is 5.92 Å². The van der Waals surface area contributed by atoms with E-state index in [9.17, 15) is 10.2 Å². The molecule has 0 amide bonds. The number of rotatable bonds is 34. The number of nitrogens with zero attached hydrogens (tertiary/aromatic N) is 1. The predicted octanol–water partition coefficient (Wildman–Crippen LogP) is 11.9. The Morgan fingerprint density at radius 3 is 2.10 bits per heavy atom. The van der Waals surface area contributed by atoms with E-state index in [-0.39, 0.29) is 25.1 Å². The summed E-state index contributed by atoms with van der Waals surface area (Å²) in [6.07, 6.45) is 33.6. The van der Waals surface area contributed by atoms with Gasteiger partial charge in [-0.2, -0.15) is 0 Å². The first kappa shape index (κ1) is 46.6. The zero-order chi connectivity index (χ0) is 37.7. The van der Waals surface area contributed by atoms with Gasteiger partial charge in [0, 0.05) is 19.5 Å². The third kappa shape index (κ3) is 21.3. The highest BCUT2D eigenvalue weighted by Gasteiger charge is 2.32. The molecule has 0 spiro atoms. The second-order valence-electron chi connectivity index (χ2n) is 16.2. The van der Waals surface area contributed by atoms with E-state index in [2.05, 4.69) is 63.8 Å². The third-order valence-corrected chi connectivity index (χ3v) is 11.2. The predicted molar refractivity (Wildman–Crippen MR) is 221 cm³/mol. The Kier molecular flexibility index (Phi) is 26.6. The fraction of sp³-hybridized carbons (Fsp3) is 0.826. The molecular weight excluding hydrogens is 647 g/mol. The average Bonchev–Trinajstić information content (AvgIpc) is 3.13. The summed E-state index contributed by atoms with van der Waals surface area (Å²) in [5.74, 6) is 2.76. The Hall–Kier alpha value is -1.60. The number of aryl methyl sites for hydroxylation is 2. The van der Waals surface area contributed by atoms with Gasteiger partial charge in [-0.3, -0.25) is 4.90 Å². The molecule has 2 rings (SSSR count). The van der Waals surface area contributed by atoms with Crippen molar-refractivity contribution in [1.29, 1.82) is 0 Å². The topological polar surface area (TPSA) is 71.4 Å². The molecule has 6 nitrogen and oxygen atoms in total. The van der Waals surface area contributed by atoms with Crippen LogP contribution >= 0.6 is 0 Å². The van der Waals surface area contributed by atoms with E-state index in [1.807, 2.05) is 0 Å². The van der Waals surface area contributed by atoms with Gasteiger partial charge in [-0.05, 0) is 120 Å². The van der Waals surface area contributed by atoms with Crippen LogP contribution in [0.2, 0.25) is 0 Å². The van der Waals surface area contributed by atoms with Gasteiger partial charge in [0.15, 0.2) is 6.29 Å². The summed E-state index contributed by atoms with van der Waals surface area (Å²) in [6, 6.07) is 4.37. The maximum absolute atomic E-state index is 9.26. The Bertz CT molecular complexity index is 1020. The molecule has 0 saturated carbocycles. The SMILES string of the molecule is CCCCCCCC/C=C\CCCCCCCC(OCCCCCCN(CCO)CCO)Oc1cc(C)c2c(c1)CCC(C)(CCCC(C)CC)O2. The lowest BCUT2D eigenvalue weighted by Gasteiger charge is -2.37. The fourth-order valence-corrected chi connectivity index (χ4v) is 7.45. The van der Waals surface area contributed by atoms with Crippen molar-refractivity contribution in [3.05, 3.63) is 35.4 Å². The summed E-state index contributed by atoms with van der Waals surface area (Å²) >= 11 is 0. The van der Waals surface area contributed by atoms with Gasteiger partial charge in [-0.15, -0.1) is 0 Å². The molecule has 1 aromatic rings. The molecule has 3 atom stereocenters. The maximum Gasteiger partial charge on any atom is 0.199 e. The lowest BCUT2D eigenvalue weighted by molar-refractivity contribution is -0.0867. The van der Waals surface area contributed by atoms with Crippen LogP contribution in [-0.4, -0.2) is 66.5 Å². The first-order chi connectivity index (χ1) is 25.3. The molecule has 0 aliphatic carbocycles. The van der Waals surface area contributed by atoms with Crippen LogP contribution < -0.4 is 9.47 Å². The van der Waals surface area contributed by atoms with E-state index in [1.165, 1.54) is 102 Å². The van der Waals surface area contributed by atoms with Crippen LogP contribution in [0.4, 0.5) is 0 Å². The molecule has 1 aliphatic rings. The molecular formula is C46H83NO5. The fourth-order valence-electron chi connectivity index (χ4n) is 7.45. The zero-order valence-electron chi connectivity index (χ0n) is 34.7. The molecule has 302 valence electrons. The normalized spacial score (nSPS) is 17.1. The van der Waals surface area contributed by atoms with Crippen LogP contribution in [-0.2, 0) is 11.2 Å². The molecule has 6 heteroatoms. The molecule has 0 saturated heterocycles. The summed E-state index contributed by atoms with van der Waals surface area (Å²) < 4.78 is 19.7. The summed E-state index contributed by atoms with van der Waals surface area (Å²) in [5.41, 5.74) is 2.35. The van der Waals surface area contributed by atoms with Gasteiger partial charge in [0.2, 0.25) is 0 Å². The van der Waals surface area contributed by atoms with Gasteiger partial charge in [0.1, 0.15) is 17.1 Å². The quantitative estimate of drug-likeness (QED) is 0.0418. The lowest BCUT2D eigenvalue weighted by Crippen LogP contribution is -2.36. The smallest absolute Gasteiger partial charge is 0.199 e. The van der Waals surface area contributed by atoms with E-state index in [4.69, 9.17) is 14.2 Å². The summed E-state index contributed by atoms with van der Waals surface area (Å²) in [4.78, 5) is 2.13. The summed E-state index contributed by atoms with van der Waals surface area (Å²) in [5, 5.41) is 18.5. The second kappa shape index (κ2) is 29.7. The molecule has 3 unspecified atom stereocenters. The molecule has 0 aromatic heterocycles. The molecule has 1 aliphatic heterocycles. The Morgan fingerprint density at radius 2 is 1.42 bits per heavy atom. The molecule has 0 radical (unpaired) electrons. The van der Waals surface area contributed by atoms with E-state index >= 15 is 0 Å². The van der Waals surface area contributed by atoms with Crippen LogP contribution in [0.25, 0.3) is 0 Å². The van der Waals surface area contributed by atoms with Crippen LogP contribution in [0.15, 0.2) is 24.3 Å². The van der Waals surface area contributed by atoms with Crippen LogP contribution in [0.3, 0.4) is 0 Å². The lowest BCUT2D eigenvalue weighted by atomic mass is 9.86. The van der Waals surface area contributed by atoms with E-state index in [1.54, 1.807) is 0 Å². The van der Waals surface area contributed by atoms with Gasteiger partial charge >= 0.3 is 0 Å². The van der Waals surface area contributed by atoms with Crippen molar-refractivity contribution in [3.63, 3.8) is 0 Å². The van der Waals surface area contributed by atoms with Gasteiger partial charge in [0.25, 0.3) is 0 Å². The third-order valence-electron chi connectivity index (χ3n) is 11.2. The molecule has 2 N–H and O–H groups in total. The Balaban J connectivity index is 1.82. The maximum atomic E-state index is 9.26. The molecule has 1 heterocycles. The van der Waals surface area contributed by atoms with Gasteiger partial charge in [0.05, 0.1) is 19.8 Å². The minimum absolute atomic E-state index is 0.0843. The van der Waals surface area contributed by atoms with Gasteiger partial charge in [-0.1, -0.05) is 110 Å². The highest BCUT2D eigenvalue weighted by molar-refractivity contribution is 5.48. The highest BCUT2D eigenvalue weighted by atomic mass is 16.7. The van der Waals surface area contributed by atoms with Crippen molar-refractivity contribution in [2.75, 3.05) is 39.5 Å². The zero-order valence-corrected chi connectivity index (χ0v) is 34.7. The van der Waals surface area contributed by atoms with Crippen LogP contribution in [0.5, 0.6) is 11.5 Å². The number of aliphatic hydroxyl groups excluding tert-OH is 2. The highest BCUT2D eigenvalue weighted by Crippen LogP contribution is 2.40. The number of aliphatic hydroxyl groups is 2. The minimum Gasteiger partial charge on any atom is -0.487 e. The summed E-state index contributed by atoms with van der Waals surface area (Å²) in [6.45, 7) is 14.6. The number of fused-ring (bicyclic) bond motifs is 1. The number of benzene rings is 1. The van der Waals surface area contributed by atoms with Crippen molar-refractivity contribution >= 4 is 0 Å². The molecule has 52 heavy (non-hydrogen) atoms. The largest absolute Gasteiger partial charge is 0.487 e. The van der Waals surface area contributed by atoms with Crippen LogP contribution in [0, 0.1) is 12.8 Å². The van der Waals surface area contributed by atoms with Crippen molar-refractivity contribution in [1.82, 2.24) is 4.90 Å². The summed E-state index contributed by atoms with van der Waals surface area (Å²) in [7, 11) is 0. The number of ether oxygens (including phenoxy) is 3. The molecule has 0 bridgehead atoms. The first-order valence-corrected chi connectivity index (χ1v) is 22.0. The number of allylic oxidation sites excluding steroid dienone is 2. The number of hydrogen-bond donors (Lipinski definition) is 2. The van der Waals surface area contributed by atoms with Gasteiger partial charge < -0.3 is 24.4 Å². The standard InChI is InChI=1S/C46H83NO5/c1-6-8-9-10-11-12-13-14-15-16-17-18-19-20-23-28-44(50-37-25-22-21-24-32-47(33-35-48)34-36-49)51-43-38-41(4)45-42(39-43)29-31-46(5,52-45)30-26-27-40(3)7-2/h14-15,38-40,44,48-49H,6-13,16-37H2,1-5H3/b15-14-.